The lowest BCUT2D eigenvalue weighted by atomic mass is 10.1. The van der Waals surface area contributed by atoms with Crippen LogP contribution in [0.2, 0.25) is 0 Å². The number of nitrogens with zero attached hydrogens (tertiary/aromatic N) is 1. The van der Waals surface area contributed by atoms with Gasteiger partial charge in [0.2, 0.25) is 5.91 Å². The van der Waals surface area contributed by atoms with Crippen LogP contribution < -0.4 is 10.6 Å². The number of thioether (sulfide) groups is 1. The summed E-state index contributed by atoms with van der Waals surface area (Å²) < 4.78 is 24.7. The maximum absolute atomic E-state index is 12.8. The molecule has 0 bridgehead atoms. The predicted molar refractivity (Wildman–Crippen MR) is 131 cm³/mol. The summed E-state index contributed by atoms with van der Waals surface area (Å²) in [5, 5.41) is 6.15. The number of amides is 2. The number of hydrogen-bond donors (Lipinski definition) is 2. The summed E-state index contributed by atoms with van der Waals surface area (Å²) in [6.07, 6.45) is 2.11. The van der Waals surface area contributed by atoms with E-state index in [0.29, 0.717) is 28.6 Å². The lowest BCUT2D eigenvalue weighted by molar-refractivity contribution is -0.115. The molecule has 1 aliphatic heterocycles. The van der Waals surface area contributed by atoms with Gasteiger partial charge in [0.05, 0.1) is 17.1 Å². The van der Waals surface area contributed by atoms with E-state index in [2.05, 4.69) is 10.6 Å². The largest absolute Gasteiger partial charge is 0.326 e. The molecule has 1 atom stereocenters. The highest BCUT2D eigenvalue weighted by atomic mass is 32.2. The van der Waals surface area contributed by atoms with Crippen LogP contribution in [0.15, 0.2) is 53.4 Å². The quantitative estimate of drug-likeness (QED) is 0.564. The summed E-state index contributed by atoms with van der Waals surface area (Å²) in [5.41, 5.74) is 1.92. The van der Waals surface area contributed by atoms with Crippen molar-refractivity contribution in [2.45, 2.75) is 36.6 Å². The number of carbonyl (C=O) groups excluding carboxylic acids is 2. The van der Waals surface area contributed by atoms with E-state index < -0.39 is 9.84 Å². The fourth-order valence-corrected chi connectivity index (χ4v) is 6.60. The van der Waals surface area contributed by atoms with Gasteiger partial charge in [0.15, 0.2) is 9.84 Å². The van der Waals surface area contributed by atoms with Crippen molar-refractivity contribution in [3.8, 4) is 0 Å². The monoisotopic (exact) mass is 487 g/mol. The van der Waals surface area contributed by atoms with Crippen molar-refractivity contribution < 1.29 is 18.0 Å². The normalized spacial score (nSPS) is 18.2. The Bertz CT molecular complexity index is 1090. The van der Waals surface area contributed by atoms with Crippen LogP contribution in [-0.2, 0) is 21.1 Å². The summed E-state index contributed by atoms with van der Waals surface area (Å²) in [5.74, 6) is 1.24. The van der Waals surface area contributed by atoms with Crippen LogP contribution in [0, 0.1) is 5.92 Å². The number of rotatable bonds is 9. The first-order valence-electron chi connectivity index (χ1n) is 11.2. The number of sulfone groups is 1. The van der Waals surface area contributed by atoms with Gasteiger partial charge >= 0.3 is 0 Å². The molecule has 2 N–H and O–H groups in total. The van der Waals surface area contributed by atoms with Gasteiger partial charge in [-0.3, -0.25) is 14.9 Å². The van der Waals surface area contributed by atoms with Crippen molar-refractivity contribution in [3.05, 3.63) is 59.7 Å². The molecule has 4 rings (SSSR count). The first-order chi connectivity index (χ1) is 15.9. The molecule has 1 saturated carbocycles. The minimum absolute atomic E-state index is 0.00281. The molecule has 0 aromatic heterocycles. The van der Waals surface area contributed by atoms with E-state index in [1.165, 1.54) is 0 Å². The molecule has 9 heteroatoms. The second kappa shape index (κ2) is 10.3. The molecule has 0 radical (unpaired) electrons. The van der Waals surface area contributed by atoms with Gasteiger partial charge in [0, 0.05) is 30.1 Å². The maximum Gasteiger partial charge on any atom is 0.255 e. The van der Waals surface area contributed by atoms with Crippen molar-refractivity contribution >= 4 is 39.1 Å². The van der Waals surface area contributed by atoms with E-state index in [9.17, 15) is 18.0 Å². The topological polar surface area (TPSA) is 95.6 Å². The van der Waals surface area contributed by atoms with Crippen LogP contribution in [0.4, 0.5) is 5.69 Å². The van der Waals surface area contributed by atoms with Crippen molar-refractivity contribution in [1.29, 1.82) is 0 Å². The molecule has 2 fully saturated rings. The van der Waals surface area contributed by atoms with E-state index in [-0.39, 0.29) is 29.5 Å². The first kappa shape index (κ1) is 23.8. The fourth-order valence-electron chi connectivity index (χ4n) is 3.79. The van der Waals surface area contributed by atoms with Gasteiger partial charge in [0.1, 0.15) is 5.50 Å². The lowest BCUT2D eigenvalue weighted by Gasteiger charge is -2.27. The molecular formula is C24H29N3O4S2. The zero-order valence-electron chi connectivity index (χ0n) is 18.6. The molecule has 1 unspecified atom stereocenters. The number of hydrogen-bond acceptors (Lipinski definition) is 6. The van der Waals surface area contributed by atoms with Gasteiger partial charge in [-0.05, 0) is 67.6 Å². The van der Waals surface area contributed by atoms with Crippen molar-refractivity contribution in [2.75, 3.05) is 29.9 Å². The fraction of sp³-hybridized carbons (Fsp3) is 0.417. The van der Waals surface area contributed by atoms with Crippen molar-refractivity contribution in [2.24, 2.45) is 5.92 Å². The van der Waals surface area contributed by atoms with Crippen LogP contribution >= 0.6 is 11.8 Å². The molecule has 1 heterocycles. The zero-order chi connectivity index (χ0) is 23.4. The van der Waals surface area contributed by atoms with Crippen LogP contribution in [0.3, 0.4) is 0 Å². The van der Waals surface area contributed by atoms with E-state index >= 15 is 0 Å². The smallest absolute Gasteiger partial charge is 0.255 e. The van der Waals surface area contributed by atoms with Gasteiger partial charge in [-0.1, -0.05) is 12.1 Å². The number of nitrogens with one attached hydrogen (secondary N) is 2. The summed E-state index contributed by atoms with van der Waals surface area (Å²) in [4.78, 5) is 27.4. The SMILES string of the molecule is CCN(C(=O)c1ccc(NC(=O)Cc2ccc(S(=O)(=O)CC3CC3)cc2)cc1)C1NCCS1. The minimum Gasteiger partial charge on any atom is -0.326 e. The Kier molecular flexibility index (Phi) is 7.41. The van der Waals surface area contributed by atoms with Crippen LogP contribution in [0.25, 0.3) is 0 Å². The van der Waals surface area contributed by atoms with E-state index in [4.69, 9.17) is 0 Å². The van der Waals surface area contributed by atoms with Crippen molar-refractivity contribution in [1.82, 2.24) is 10.2 Å². The van der Waals surface area contributed by atoms with Crippen LogP contribution in [0.1, 0.15) is 35.7 Å². The van der Waals surface area contributed by atoms with Crippen molar-refractivity contribution in [3.63, 3.8) is 0 Å². The Morgan fingerprint density at radius 2 is 1.79 bits per heavy atom. The Balaban J connectivity index is 1.32. The van der Waals surface area contributed by atoms with Crippen LogP contribution in [0.5, 0.6) is 0 Å². The molecule has 2 aromatic rings. The molecule has 33 heavy (non-hydrogen) atoms. The molecule has 0 spiro atoms. The molecule has 176 valence electrons. The number of benzene rings is 2. The second-order valence-electron chi connectivity index (χ2n) is 8.44. The van der Waals surface area contributed by atoms with E-state index in [1.54, 1.807) is 65.2 Å². The molecule has 7 nitrogen and oxygen atoms in total. The van der Waals surface area contributed by atoms with Gasteiger partial charge in [-0.25, -0.2) is 8.42 Å². The molecular weight excluding hydrogens is 458 g/mol. The maximum atomic E-state index is 12.8. The highest BCUT2D eigenvalue weighted by molar-refractivity contribution is 8.00. The third kappa shape index (κ3) is 6.16. The average Bonchev–Trinajstić information content (AvgIpc) is 3.43. The molecule has 1 aliphatic carbocycles. The average molecular weight is 488 g/mol. The summed E-state index contributed by atoms with van der Waals surface area (Å²) in [6.45, 7) is 3.47. The third-order valence-corrected chi connectivity index (χ3v) is 8.87. The van der Waals surface area contributed by atoms with E-state index in [1.807, 2.05) is 6.92 Å². The predicted octanol–water partition coefficient (Wildman–Crippen LogP) is 3.13. The summed E-state index contributed by atoms with van der Waals surface area (Å²) in [6, 6.07) is 13.4. The molecule has 2 aliphatic rings. The first-order valence-corrected chi connectivity index (χ1v) is 13.9. The Morgan fingerprint density at radius 3 is 2.36 bits per heavy atom. The zero-order valence-corrected chi connectivity index (χ0v) is 20.3. The molecule has 2 amide bonds. The van der Waals surface area contributed by atoms with Gasteiger partial charge in [0.25, 0.3) is 5.91 Å². The van der Waals surface area contributed by atoms with Gasteiger partial charge in [-0.2, -0.15) is 0 Å². The van der Waals surface area contributed by atoms with E-state index in [0.717, 1.165) is 30.7 Å². The van der Waals surface area contributed by atoms with Gasteiger partial charge < -0.3 is 10.2 Å². The third-order valence-electron chi connectivity index (χ3n) is 5.80. The highest BCUT2D eigenvalue weighted by Gasteiger charge is 2.29. The summed E-state index contributed by atoms with van der Waals surface area (Å²) in [7, 11) is -3.25. The van der Waals surface area contributed by atoms with Gasteiger partial charge in [-0.15, -0.1) is 11.8 Å². The Hall–Kier alpha value is -2.36. The molecule has 2 aromatic carbocycles. The Labute approximate surface area is 199 Å². The number of anilines is 1. The minimum atomic E-state index is -3.25. The van der Waals surface area contributed by atoms with Crippen LogP contribution in [-0.4, -0.2) is 55.2 Å². The second-order valence-corrected chi connectivity index (χ2v) is 11.7. The number of carbonyl (C=O) groups is 2. The lowest BCUT2D eigenvalue weighted by Crippen LogP contribution is -2.44. The standard InChI is InChI=1S/C24H29N3O4S2/c1-2-27(24-25-13-14-32-24)23(29)19-7-9-20(10-8-19)26-22(28)15-17-5-11-21(12-6-17)33(30,31)16-18-3-4-18/h5-12,18,24-25H,2-4,13-16H2,1H3,(H,26,28). The Morgan fingerprint density at radius 1 is 1.09 bits per heavy atom. The highest BCUT2D eigenvalue weighted by Crippen LogP contribution is 2.32. The molecule has 1 saturated heterocycles. The summed E-state index contributed by atoms with van der Waals surface area (Å²) >= 11 is 1.72.